The Balaban J connectivity index is 2.89. The predicted octanol–water partition coefficient (Wildman–Crippen LogP) is 5.22. The van der Waals surface area contributed by atoms with E-state index in [0.29, 0.717) is 6.54 Å². The molecule has 26 heavy (non-hydrogen) atoms. The smallest absolute Gasteiger partial charge is 0.244 e. The third kappa shape index (κ3) is 6.40. The molecule has 0 saturated heterocycles. The quantitative estimate of drug-likeness (QED) is 0.539. The Kier molecular flexibility index (Phi) is 8.63. The number of rotatable bonds is 7. The van der Waals surface area contributed by atoms with Gasteiger partial charge in [-0.05, 0) is 75.4 Å². The van der Waals surface area contributed by atoms with E-state index in [1.807, 2.05) is 32.1 Å². The number of carbonyl (C=O) groups is 1. The Labute approximate surface area is 158 Å². The van der Waals surface area contributed by atoms with Crippen LogP contribution in [0.25, 0.3) is 6.08 Å². The molecule has 0 saturated carbocycles. The normalized spacial score (nSPS) is 12.9. The highest BCUT2D eigenvalue weighted by Crippen LogP contribution is 2.28. The molecule has 0 aliphatic heterocycles. The number of methoxy groups -OCH3 is 1. The average molecular weight is 354 g/mol. The third-order valence-corrected chi connectivity index (χ3v) is 4.27. The van der Waals surface area contributed by atoms with Crippen molar-refractivity contribution in [3.8, 4) is 5.75 Å². The van der Waals surface area contributed by atoms with Gasteiger partial charge in [0.05, 0.1) is 7.11 Å². The predicted molar refractivity (Wildman–Crippen MR) is 112 cm³/mol. The maximum atomic E-state index is 11.5. The molecule has 0 fully saturated rings. The van der Waals surface area contributed by atoms with E-state index in [9.17, 15) is 4.79 Å². The lowest BCUT2D eigenvalue weighted by Crippen LogP contribution is -2.20. The second kappa shape index (κ2) is 10.4. The first-order valence-corrected chi connectivity index (χ1v) is 8.94. The van der Waals surface area contributed by atoms with Crippen molar-refractivity contribution in [2.45, 2.75) is 41.5 Å². The minimum Gasteiger partial charge on any atom is -0.496 e. The lowest BCUT2D eigenvalue weighted by Gasteiger charge is -2.13. The molecule has 3 nitrogen and oxygen atoms in total. The van der Waals surface area contributed by atoms with Gasteiger partial charge >= 0.3 is 0 Å². The fourth-order valence-electron chi connectivity index (χ4n) is 2.64. The van der Waals surface area contributed by atoms with Crippen molar-refractivity contribution in [3.63, 3.8) is 0 Å². The Hall–Kier alpha value is -2.55. The number of nitrogens with one attached hydrogen (secondary N) is 1. The van der Waals surface area contributed by atoms with E-state index in [1.165, 1.54) is 22.3 Å². The molecule has 1 amide bonds. The van der Waals surface area contributed by atoms with Gasteiger partial charge in [-0.2, -0.15) is 0 Å². The van der Waals surface area contributed by atoms with Crippen molar-refractivity contribution >= 4 is 12.0 Å². The van der Waals surface area contributed by atoms with Crippen LogP contribution in [0.4, 0.5) is 0 Å². The van der Waals surface area contributed by atoms with Gasteiger partial charge in [-0.25, -0.2) is 0 Å². The van der Waals surface area contributed by atoms with Crippen LogP contribution in [0.3, 0.4) is 0 Å². The van der Waals surface area contributed by atoms with E-state index in [4.69, 9.17) is 4.74 Å². The molecular formula is C23H31NO2. The molecule has 0 aromatic heterocycles. The summed E-state index contributed by atoms with van der Waals surface area (Å²) in [7, 11) is 1.71. The molecule has 0 unspecified atom stereocenters. The Morgan fingerprint density at radius 2 is 1.81 bits per heavy atom. The molecule has 0 radical (unpaired) electrons. The van der Waals surface area contributed by atoms with Crippen LogP contribution in [0.15, 0.2) is 47.6 Å². The molecule has 3 heteroatoms. The summed E-state index contributed by atoms with van der Waals surface area (Å²) in [5.74, 6) is 0.873. The lowest BCUT2D eigenvalue weighted by molar-refractivity contribution is -0.116. The summed E-state index contributed by atoms with van der Waals surface area (Å²) in [5.41, 5.74) is 6.89. The van der Waals surface area contributed by atoms with Gasteiger partial charge in [0.25, 0.3) is 0 Å². The van der Waals surface area contributed by atoms with Crippen molar-refractivity contribution in [1.82, 2.24) is 5.32 Å². The molecular weight excluding hydrogens is 322 g/mol. The van der Waals surface area contributed by atoms with E-state index in [-0.39, 0.29) is 5.91 Å². The monoisotopic (exact) mass is 353 g/mol. The van der Waals surface area contributed by atoms with Gasteiger partial charge in [0.1, 0.15) is 5.75 Å². The zero-order chi connectivity index (χ0) is 19.7. The van der Waals surface area contributed by atoms with Crippen LogP contribution in [-0.2, 0) is 4.79 Å². The molecule has 140 valence electrons. The van der Waals surface area contributed by atoms with Crippen molar-refractivity contribution < 1.29 is 9.53 Å². The van der Waals surface area contributed by atoms with Gasteiger partial charge in [-0.1, -0.05) is 36.0 Å². The van der Waals surface area contributed by atoms with Crippen molar-refractivity contribution in [2.24, 2.45) is 0 Å². The largest absolute Gasteiger partial charge is 0.496 e. The zero-order valence-electron chi connectivity index (χ0n) is 17.1. The van der Waals surface area contributed by atoms with Crippen LogP contribution in [0, 0.1) is 20.8 Å². The third-order valence-electron chi connectivity index (χ3n) is 4.27. The number of ether oxygens (including phenoxy) is 1. The molecule has 0 heterocycles. The van der Waals surface area contributed by atoms with Gasteiger partial charge in [0, 0.05) is 12.6 Å². The summed E-state index contributed by atoms with van der Waals surface area (Å²) in [6.45, 7) is 12.8. The van der Waals surface area contributed by atoms with Crippen molar-refractivity contribution in [1.29, 1.82) is 0 Å². The molecule has 1 N–H and O–H groups in total. The molecule has 0 aliphatic rings. The van der Waals surface area contributed by atoms with Crippen molar-refractivity contribution in [3.05, 3.63) is 69.8 Å². The second-order valence-electron chi connectivity index (χ2n) is 6.45. The van der Waals surface area contributed by atoms with Crippen molar-refractivity contribution in [2.75, 3.05) is 13.7 Å². The topological polar surface area (TPSA) is 38.3 Å². The molecule has 1 aromatic rings. The number of benzene rings is 1. The number of allylic oxidation sites excluding steroid dienone is 6. The molecule has 0 bridgehead atoms. The number of aryl methyl sites for hydroxylation is 1. The van der Waals surface area contributed by atoms with Crippen LogP contribution < -0.4 is 10.1 Å². The summed E-state index contributed by atoms with van der Waals surface area (Å²) in [5, 5.41) is 2.75. The summed E-state index contributed by atoms with van der Waals surface area (Å²) in [6, 6.07) is 2.08. The number of likely N-dealkylation sites (N-methyl/N-ethyl adjacent to an activating group) is 1. The van der Waals surface area contributed by atoms with E-state index >= 15 is 0 Å². The summed E-state index contributed by atoms with van der Waals surface area (Å²) in [6.07, 6.45) is 11.8. The number of amides is 1. The van der Waals surface area contributed by atoms with Crippen LogP contribution >= 0.6 is 0 Å². The summed E-state index contributed by atoms with van der Waals surface area (Å²) >= 11 is 0. The maximum absolute atomic E-state index is 11.5. The molecule has 1 aromatic carbocycles. The minimum absolute atomic E-state index is 0.0592. The standard InChI is InChI=1S/C23H31NO2/c1-8-24-23(25)14-17(3)11-9-10-16(2)12-13-21-18(4)15-22(26-7)20(6)19(21)5/h9-15H,8H2,1-7H3,(H,24,25)/b11-9-,13-12-,16-10+,17-14+. The number of hydrogen-bond acceptors (Lipinski definition) is 2. The van der Waals surface area contributed by atoms with E-state index in [0.717, 1.165) is 16.9 Å². The van der Waals surface area contributed by atoms with Gasteiger partial charge in [-0.3, -0.25) is 4.79 Å². The second-order valence-corrected chi connectivity index (χ2v) is 6.45. The average Bonchev–Trinajstić information content (AvgIpc) is 2.58. The van der Waals surface area contributed by atoms with Gasteiger partial charge < -0.3 is 10.1 Å². The Bertz CT molecular complexity index is 765. The van der Waals surface area contributed by atoms with E-state index in [1.54, 1.807) is 13.2 Å². The van der Waals surface area contributed by atoms with Gasteiger partial charge in [0.2, 0.25) is 5.91 Å². The van der Waals surface area contributed by atoms with Crippen LogP contribution in [-0.4, -0.2) is 19.6 Å². The SMILES string of the molecule is CCNC(=O)/C=C(C)/C=C\C=C(C)\C=C/c1c(C)cc(OC)c(C)c1C. The highest BCUT2D eigenvalue weighted by Gasteiger charge is 2.08. The Morgan fingerprint density at radius 1 is 1.12 bits per heavy atom. The molecule has 1 rings (SSSR count). The highest BCUT2D eigenvalue weighted by molar-refractivity contribution is 5.88. The van der Waals surface area contributed by atoms with E-state index < -0.39 is 0 Å². The highest BCUT2D eigenvalue weighted by atomic mass is 16.5. The van der Waals surface area contributed by atoms with Crippen LogP contribution in [0.2, 0.25) is 0 Å². The molecule has 0 atom stereocenters. The summed E-state index contributed by atoms with van der Waals surface area (Å²) < 4.78 is 5.43. The maximum Gasteiger partial charge on any atom is 0.244 e. The summed E-state index contributed by atoms with van der Waals surface area (Å²) in [4.78, 5) is 11.5. The van der Waals surface area contributed by atoms with Crippen LogP contribution in [0.1, 0.15) is 43.0 Å². The first-order chi connectivity index (χ1) is 12.3. The fourth-order valence-corrected chi connectivity index (χ4v) is 2.64. The van der Waals surface area contributed by atoms with Gasteiger partial charge in [-0.15, -0.1) is 0 Å². The first kappa shape index (κ1) is 21.5. The first-order valence-electron chi connectivity index (χ1n) is 8.94. The molecule has 0 aliphatic carbocycles. The van der Waals surface area contributed by atoms with Gasteiger partial charge in [0.15, 0.2) is 0 Å². The zero-order valence-corrected chi connectivity index (χ0v) is 17.1. The Morgan fingerprint density at radius 3 is 2.42 bits per heavy atom. The molecule has 0 spiro atoms. The number of hydrogen-bond donors (Lipinski definition) is 1. The fraction of sp³-hybridized carbons (Fsp3) is 0.348. The number of carbonyl (C=O) groups excluding carboxylic acids is 1. The van der Waals surface area contributed by atoms with Crippen LogP contribution in [0.5, 0.6) is 5.75 Å². The minimum atomic E-state index is -0.0592. The lowest BCUT2D eigenvalue weighted by atomic mass is 9.96. The van der Waals surface area contributed by atoms with E-state index in [2.05, 4.69) is 51.2 Å².